The third-order valence-corrected chi connectivity index (χ3v) is 1.24. The highest BCUT2D eigenvalue weighted by Gasteiger charge is 1.98. The number of aromatic nitrogens is 1. The van der Waals surface area contributed by atoms with Crippen molar-refractivity contribution in [2.24, 2.45) is 5.73 Å². The molecule has 0 aliphatic heterocycles. The maximum Gasteiger partial charge on any atom is 0.272 e. The van der Waals surface area contributed by atoms with E-state index in [1.54, 1.807) is 6.20 Å². The average Bonchev–Trinajstić information content (AvgIpc) is 1.88. The van der Waals surface area contributed by atoms with Gasteiger partial charge in [0.2, 0.25) is 0 Å². The molecule has 1 aromatic rings. The minimum Gasteiger partial charge on any atom is -0.287 e. The van der Waals surface area contributed by atoms with Gasteiger partial charge in [0.05, 0.1) is 5.56 Å². The molecule has 4 N–H and O–H groups in total. The second kappa shape index (κ2) is 2.47. The van der Waals surface area contributed by atoms with E-state index in [-0.39, 0.29) is 0 Å². The number of aryl methyl sites for hydroxylation is 1. The highest BCUT2D eigenvalue weighted by Crippen LogP contribution is 1.95. The van der Waals surface area contributed by atoms with Crippen molar-refractivity contribution >= 4 is 5.84 Å². The molecule has 0 saturated carbocycles. The van der Waals surface area contributed by atoms with Crippen LogP contribution in [-0.4, -0.2) is 10.8 Å². The SMILES string of the molecule is Cc1ccc(C(N)=[NH2+])cn1. The molecule has 3 heteroatoms. The van der Waals surface area contributed by atoms with Crippen LogP contribution in [0.2, 0.25) is 0 Å². The third kappa shape index (κ3) is 1.31. The smallest absolute Gasteiger partial charge is 0.272 e. The van der Waals surface area contributed by atoms with Crippen molar-refractivity contribution in [3.05, 3.63) is 29.6 Å². The van der Waals surface area contributed by atoms with Crippen molar-refractivity contribution in [2.75, 3.05) is 0 Å². The zero-order valence-electron chi connectivity index (χ0n) is 5.83. The molecule has 52 valence electrons. The lowest BCUT2D eigenvalue weighted by atomic mass is 10.2. The molecule has 0 aliphatic rings. The summed E-state index contributed by atoms with van der Waals surface area (Å²) in [6, 6.07) is 3.72. The molecule has 0 aromatic carbocycles. The van der Waals surface area contributed by atoms with Gasteiger partial charge in [-0.05, 0) is 19.1 Å². The Morgan fingerprint density at radius 1 is 1.60 bits per heavy atom. The van der Waals surface area contributed by atoms with Crippen LogP contribution in [0.15, 0.2) is 18.3 Å². The molecule has 0 bridgehead atoms. The summed E-state index contributed by atoms with van der Waals surface area (Å²) in [7, 11) is 0. The van der Waals surface area contributed by atoms with Crippen LogP contribution >= 0.6 is 0 Å². The van der Waals surface area contributed by atoms with Gasteiger partial charge in [-0.2, -0.15) is 0 Å². The molecule has 10 heavy (non-hydrogen) atoms. The first-order chi connectivity index (χ1) is 4.70. The van der Waals surface area contributed by atoms with E-state index in [2.05, 4.69) is 4.98 Å². The molecule has 3 nitrogen and oxygen atoms in total. The maximum atomic E-state index is 5.32. The van der Waals surface area contributed by atoms with Gasteiger partial charge in [0.1, 0.15) is 0 Å². The Bertz CT molecular complexity index is 238. The predicted molar refractivity (Wildman–Crippen MR) is 39.2 cm³/mol. The number of amidine groups is 1. The predicted octanol–water partition coefficient (Wildman–Crippen LogP) is -1.15. The molecule has 0 atom stereocenters. The summed E-state index contributed by atoms with van der Waals surface area (Å²) >= 11 is 0. The number of rotatable bonds is 1. The van der Waals surface area contributed by atoms with Gasteiger partial charge in [0, 0.05) is 11.9 Å². The van der Waals surface area contributed by atoms with Crippen molar-refractivity contribution in [1.82, 2.24) is 4.98 Å². The van der Waals surface area contributed by atoms with Gasteiger partial charge in [-0.25, -0.2) is 0 Å². The van der Waals surface area contributed by atoms with Gasteiger partial charge < -0.3 is 0 Å². The van der Waals surface area contributed by atoms with Gasteiger partial charge in [0.15, 0.2) is 0 Å². The second-order valence-electron chi connectivity index (χ2n) is 2.14. The molecular weight excluding hydrogens is 126 g/mol. The van der Waals surface area contributed by atoms with E-state index in [1.807, 2.05) is 19.1 Å². The zero-order chi connectivity index (χ0) is 7.56. The van der Waals surface area contributed by atoms with Crippen LogP contribution in [0.3, 0.4) is 0 Å². The normalized spacial score (nSPS) is 9.30. The van der Waals surface area contributed by atoms with E-state index in [0.29, 0.717) is 5.84 Å². The summed E-state index contributed by atoms with van der Waals surface area (Å²) in [5.41, 5.74) is 7.06. The lowest BCUT2D eigenvalue weighted by molar-refractivity contribution is -0.114. The minimum atomic E-state index is 0.313. The molecule has 0 spiro atoms. The van der Waals surface area contributed by atoms with Gasteiger partial charge in [-0.15, -0.1) is 0 Å². The fraction of sp³-hybridized carbons (Fsp3) is 0.143. The van der Waals surface area contributed by atoms with Crippen LogP contribution in [0.1, 0.15) is 11.3 Å². The van der Waals surface area contributed by atoms with E-state index in [1.165, 1.54) is 0 Å². The summed E-state index contributed by atoms with van der Waals surface area (Å²) in [4.78, 5) is 4.02. The van der Waals surface area contributed by atoms with Crippen molar-refractivity contribution < 1.29 is 5.41 Å². The van der Waals surface area contributed by atoms with Crippen LogP contribution in [0.25, 0.3) is 0 Å². The quantitative estimate of drug-likeness (QED) is 0.378. The molecule has 1 heterocycles. The fourth-order valence-corrected chi connectivity index (χ4v) is 0.639. The summed E-state index contributed by atoms with van der Waals surface area (Å²) < 4.78 is 0. The summed E-state index contributed by atoms with van der Waals surface area (Å²) in [5, 5.41) is 5.32. The number of nitrogens with two attached hydrogens (primary N) is 2. The van der Waals surface area contributed by atoms with E-state index in [0.717, 1.165) is 11.3 Å². The Morgan fingerprint density at radius 2 is 2.30 bits per heavy atom. The van der Waals surface area contributed by atoms with Crippen LogP contribution < -0.4 is 11.1 Å². The molecule has 1 aromatic heterocycles. The monoisotopic (exact) mass is 136 g/mol. The molecule has 0 aliphatic carbocycles. The Kier molecular flexibility index (Phi) is 1.67. The van der Waals surface area contributed by atoms with Crippen molar-refractivity contribution in [3.63, 3.8) is 0 Å². The molecular formula is C7H10N3+. The highest BCUT2D eigenvalue weighted by molar-refractivity contribution is 5.92. The van der Waals surface area contributed by atoms with Gasteiger partial charge in [0.25, 0.3) is 5.84 Å². The van der Waals surface area contributed by atoms with Gasteiger partial charge in [-0.3, -0.25) is 16.1 Å². The summed E-state index contributed by atoms with van der Waals surface area (Å²) in [6.07, 6.45) is 1.66. The summed E-state index contributed by atoms with van der Waals surface area (Å²) in [5.74, 6) is 0.313. The van der Waals surface area contributed by atoms with E-state index >= 15 is 0 Å². The minimum absolute atomic E-state index is 0.313. The molecule has 0 unspecified atom stereocenters. The highest BCUT2D eigenvalue weighted by atomic mass is 14.7. The van der Waals surface area contributed by atoms with Crippen LogP contribution in [0.5, 0.6) is 0 Å². The number of pyridine rings is 1. The first-order valence-corrected chi connectivity index (χ1v) is 3.01. The first-order valence-electron chi connectivity index (χ1n) is 3.01. The Morgan fingerprint density at radius 3 is 2.70 bits per heavy atom. The van der Waals surface area contributed by atoms with Crippen molar-refractivity contribution in [1.29, 1.82) is 0 Å². The van der Waals surface area contributed by atoms with Crippen LogP contribution in [0, 0.1) is 6.92 Å². The summed E-state index contributed by atoms with van der Waals surface area (Å²) in [6.45, 7) is 1.91. The third-order valence-electron chi connectivity index (χ3n) is 1.24. The maximum absolute atomic E-state index is 5.32. The Labute approximate surface area is 59.4 Å². The second-order valence-corrected chi connectivity index (χ2v) is 2.14. The van der Waals surface area contributed by atoms with Gasteiger partial charge >= 0.3 is 0 Å². The number of hydrogen-bond acceptors (Lipinski definition) is 1. The van der Waals surface area contributed by atoms with E-state index in [4.69, 9.17) is 11.1 Å². The lowest BCUT2D eigenvalue weighted by Gasteiger charge is -1.91. The number of hydrogen-bond donors (Lipinski definition) is 2. The largest absolute Gasteiger partial charge is 0.287 e. The molecule has 0 fully saturated rings. The van der Waals surface area contributed by atoms with E-state index in [9.17, 15) is 0 Å². The average molecular weight is 136 g/mol. The Hall–Kier alpha value is -1.38. The van der Waals surface area contributed by atoms with Crippen LogP contribution in [-0.2, 0) is 0 Å². The first kappa shape index (κ1) is 6.74. The molecule has 0 saturated heterocycles. The molecule has 1 rings (SSSR count). The topological polar surface area (TPSA) is 64.5 Å². The van der Waals surface area contributed by atoms with Gasteiger partial charge in [-0.1, -0.05) is 0 Å². The lowest BCUT2D eigenvalue weighted by Crippen LogP contribution is -2.46. The molecule has 0 radical (unpaired) electrons. The zero-order valence-corrected chi connectivity index (χ0v) is 5.83. The Balaban J connectivity index is 3.00. The number of nitrogens with zero attached hydrogens (tertiary/aromatic N) is 1. The fourth-order valence-electron chi connectivity index (χ4n) is 0.639. The standard InChI is InChI=1S/C7H9N3/c1-5-2-3-6(4-10-5)7(8)9/h2-4H,1H3,(H3,8,9)/p+1. The molecule has 0 amide bonds. The van der Waals surface area contributed by atoms with Crippen molar-refractivity contribution in [3.8, 4) is 0 Å². The van der Waals surface area contributed by atoms with E-state index < -0.39 is 0 Å². The van der Waals surface area contributed by atoms with Crippen molar-refractivity contribution in [2.45, 2.75) is 6.92 Å². The van der Waals surface area contributed by atoms with Crippen LogP contribution in [0.4, 0.5) is 0 Å².